The van der Waals surface area contributed by atoms with Crippen molar-refractivity contribution in [2.75, 3.05) is 6.61 Å². The SMILES string of the molecule is Cc1c(C(=O)NC2CCC(O)CC2)nn2c1OCCC2. The van der Waals surface area contributed by atoms with E-state index in [4.69, 9.17) is 4.74 Å². The van der Waals surface area contributed by atoms with Crippen LogP contribution in [0.25, 0.3) is 0 Å². The van der Waals surface area contributed by atoms with E-state index in [1.807, 2.05) is 6.92 Å². The number of carbonyl (C=O) groups excluding carboxylic acids is 1. The van der Waals surface area contributed by atoms with Gasteiger partial charge in [0, 0.05) is 24.6 Å². The van der Waals surface area contributed by atoms with Gasteiger partial charge < -0.3 is 15.2 Å². The maximum absolute atomic E-state index is 12.3. The molecule has 110 valence electrons. The van der Waals surface area contributed by atoms with Crippen LogP contribution in [0.1, 0.15) is 48.2 Å². The summed E-state index contributed by atoms with van der Waals surface area (Å²) in [6, 6.07) is 0.143. The Morgan fingerprint density at radius 3 is 2.85 bits per heavy atom. The number of ether oxygens (including phenoxy) is 1. The van der Waals surface area contributed by atoms with Crippen LogP contribution in [0.2, 0.25) is 0 Å². The number of aliphatic hydroxyl groups is 1. The number of aromatic nitrogens is 2. The number of carbonyl (C=O) groups is 1. The van der Waals surface area contributed by atoms with E-state index in [0.29, 0.717) is 12.3 Å². The number of hydrogen-bond acceptors (Lipinski definition) is 4. The Morgan fingerprint density at radius 2 is 2.15 bits per heavy atom. The lowest BCUT2D eigenvalue weighted by Gasteiger charge is -2.25. The van der Waals surface area contributed by atoms with E-state index >= 15 is 0 Å². The molecule has 2 N–H and O–H groups in total. The van der Waals surface area contributed by atoms with Crippen LogP contribution >= 0.6 is 0 Å². The highest BCUT2D eigenvalue weighted by molar-refractivity contribution is 5.94. The lowest BCUT2D eigenvalue weighted by Crippen LogP contribution is -2.39. The predicted molar refractivity (Wildman–Crippen MR) is 72.8 cm³/mol. The molecule has 1 fully saturated rings. The first-order valence-corrected chi connectivity index (χ1v) is 7.34. The minimum absolute atomic E-state index is 0.130. The first-order valence-electron chi connectivity index (χ1n) is 7.34. The molecule has 20 heavy (non-hydrogen) atoms. The zero-order chi connectivity index (χ0) is 14.1. The van der Waals surface area contributed by atoms with Gasteiger partial charge in [-0.25, -0.2) is 4.68 Å². The summed E-state index contributed by atoms with van der Waals surface area (Å²) in [7, 11) is 0. The molecule has 2 aliphatic rings. The van der Waals surface area contributed by atoms with Crippen molar-refractivity contribution < 1.29 is 14.6 Å². The van der Waals surface area contributed by atoms with E-state index < -0.39 is 0 Å². The molecule has 1 aliphatic heterocycles. The Balaban J connectivity index is 1.69. The summed E-state index contributed by atoms with van der Waals surface area (Å²) in [4.78, 5) is 12.3. The van der Waals surface area contributed by atoms with Crippen LogP contribution in [0.5, 0.6) is 5.88 Å². The molecule has 0 radical (unpaired) electrons. The first kappa shape index (κ1) is 13.4. The highest BCUT2D eigenvalue weighted by Gasteiger charge is 2.26. The Hall–Kier alpha value is -1.56. The van der Waals surface area contributed by atoms with E-state index in [2.05, 4.69) is 10.4 Å². The third kappa shape index (κ3) is 2.52. The Labute approximate surface area is 118 Å². The van der Waals surface area contributed by atoms with Gasteiger partial charge in [-0.05, 0) is 32.6 Å². The van der Waals surface area contributed by atoms with Gasteiger partial charge in [-0.3, -0.25) is 4.79 Å². The Kier molecular flexibility index (Phi) is 3.65. The van der Waals surface area contributed by atoms with Gasteiger partial charge in [-0.1, -0.05) is 0 Å². The third-order valence-corrected chi connectivity index (χ3v) is 4.13. The van der Waals surface area contributed by atoms with Crippen LogP contribution < -0.4 is 10.1 Å². The van der Waals surface area contributed by atoms with Crippen molar-refractivity contribution >= 4 is 5.91 Å². The average molecular weight is 279 g/mol. The Morgan fingerprint density at radius 1 is 1.40 bits per heavy atom. The fraction of sp³-hybridized carbons (Fsp3) is 0.714. The summed E-state index contributed by atoms with van der Waals surface area (Å²) in [6.45, 7) is 3.37. The largest absolute Gasteiger partial charge is 0.478 e. The molecule has 0 bridgehead atoms. The number of fused-ring (bicyclic) bond motifs is 1. The lowest BCUT2D eigenvalue weighted by molar-refractivity contribution is 0.0862. The molecule has 0 aromatic carbocycles. The summed E-state index contributed by atoms with van der Waals surface area (Å²) in [5.41, 5.74) is 1.28. The van der Waals surface area contributed by atoms with Gasteiger partial charge in [0.2, 0.25) is 5.88 Å². The molecule has 1 saturated carbocycles. The maximum atomic E-state index is 12.3. The zero-order valence-electron chi connectivity index (χ0n) is 11.8. The summed E-state index contributed by atoms with van der Waals surface area (Å²) >= 11 is 0. The molecule has 0 unspecified atom stereocenters. The molecule has 1 aromatic heterocycles. The van der Waals surface area contributed by atoms with Gasteiger partial charge in [0.15, 0.2) is 5.69 Å². The molecule has 0 spiro atoms. The van der Waals surface area contributed by atoms with E-state index in [0.717, 1.165) is 50.1 Å². The number of hydrogen-bond donors (Lipinski definition) is 2. The van der Waals surface area contributed by atoms with E-state index in [-0.39, 0.29) is 18.1 Å². The molecular formula is C14H21N3O3. The van der Waals surface area contributed by atoms with Crippen molar-refractivity contribution in [3.63, 3.8) is 0 Å². The average Bonchev–Trinajstić information content (AvgIpc) is 2.79. The van der Waals surface area contributed by atoms with Crippen molar-refractivity contribution in [1.29, 1.82) is 0 Å². The maximum Gasteiger partial charge on any atom is 0.272 e. The normalized spacial score (nSPS) is 25.7. The smallest absolute Gasteiger partial charge is 0.272 e. The van der Waals surface area contributed by atoms with Crippen molar-refractivity contribution in [3.8, 4) is 5.88 Å². The van der Waals surface area contributed by atoms with E-state index in [9.17, 15) is 9.90 Å². The summed E-state index contributed by atoms with van der Waals surface area (Å²) in [5.74, 6) is 0.592. The molecule has 1 aliphatic carbocycles. The number of aryl methyl sites for hydroxylation is 1. The molecule has 6 nitrogen and oxygen atoms in total. The van der Waals surface area contributed by atoms with Gasteiger partial charge >= 0.3 is 0 Å². The summed E-state index contributed by atoms with van der Waals surface area (Å²) < 4.78 is 7.35. The first-order chi connectivity index (χ1) is 9.65. The zero-order valence-corrected chi connectivity index (χ0v) is 11.8. The van der Waals surface area contributed by atoms with Crippen LogP contribution in [-0.2, 0) is 6.54 Å². The van der Waals surface area contributed by atoms with Gasteiger partial charge in [0.1, 0.15) is 0 Å². The lowest BCUT2D eigenvalue weighted by atomic mass is 9.93. The third-order valence-electron chi connectivity index (χ3n) is 4.13. The van der Waals surface area contributed by atoms with E-state index in [1.54, 1.807) is 4.68 Å². The number of nitrogens with zero attached hydrogens (tertiary/aromatic N) is 2. The number of amides is 1. The standard InChI is InChI=1S/C14H21N3O3/c1-9-12(16-17-7-2-8-20-14(9)17)13(19)15-10-3-5-11(18)6-4-10/h10-11,18H,2-8H2,1H3,(H,15,19). The number of aliphatic hydroxyl groups excluding tert-OH is 1. The molecule has 2 heterocycles. The van der Waals surface area contributed by atoms with E-state index in [1.165, 1.54) is 0 Å². The molecule has 0 atom stereocenters. The predicted octanol–water partition coefficient (Wildman–Crippen LogP) is 1.01. The quantitative estimate of drug-likeness (QED) is 0.847. The molecule has 6 heteroatoms. The van der Waals surface area contributed by atoms with Crippen LogP contribution in [0.4, 0.5) is 0 Å². The summed E-state index contributed by atoms with van der Waals surface area (Å²) in [6.07, 6.45) is 3.89. The van der Waals surface area contributed by atoms with Crippen LogP contribution in [0.3, 0.4) is 0 Å². The summed E-state index contributed by atoms with van der Waals surface area (Å²) in [5, 5.41) is 16.9. The topological polar surface area (TPSA) is 76.4 Å². The minimum atomic E-state index is -0.210. The second-order valence-electron chi connectivity index (χ2n) is 5.68. The highest BCUT2D eigenvalue weighted by Crippen LogP contribution is 2.25. The van der Waals surface area contributed by atoms with Crippen LogP contribution in [0.15, 0.2) is 0 Å². The van der Waals surface area contributed by atoms with Crippen LogP contribution in [0, 0.1) is 6.92 Å². The van der Waals surface area contributed by atoms with Crippen LogP contribution in [-0.4, -0.2) is 39.5 Å². The molecule has 3 rings (SSSR count). The Bertz CT molecular complexity index is 504. The second-order valence-corrected chi connectivity index (χ2v) is 5.68. The van der Waals surface area contributed by atoms with Gasteiger partial charge in [0.25, 0.3) is 5.91 Å². The highest BCUT2D eigenvalue weighted by atomic mass is 16.5. The monoisotopic (exact) mass is 279 g/mol. The van der Waals surface area contributed by atoms with Crippen molar-refractivity contribution in [1.82, 2.24) is 15.1 Å². The molecular weight excluding hydrogens is 258 g/mol. The fourth-order valence-corrected chi connectivity index (χ4v) is 2.94. The van der Waals surface area contributed by atoms with Gasteiger partial charge in [0.05, 0.1) is 12.7 Å². The fourth-order valence-electron chi connectivity index (χ4n) is 2.94. The minimum Gasteiger partial charge on any atom is -0.478 e. The number of nitrogens with one attached hydrogen (secondary N) is 1. The van der Waals surface area contributed by atoms with Crippen molar-refractivity contribution in [2.45, 2.75) is 57.7 Å². The molecule has 0 saturated heterocycles. The van der Waals surface area contributed by atoms with Crippen molar-refractivity contribution in [2.24, 2.45) is 0 Å². The van der Waals surface area contributed by atoms with Gasteiger partial charge in [-0.15, -0.1) is 0 Å². The molecule has 1 amide bonds. The van der Waals surface area contributed by atoms with Gasteiger partial charge in [-0.2, -0.15) is 5.10 Å². The second kappa shape index (κ2) is 5.44. The molecule has 1 aromatic rings. The van der Waals surface area contributed by atoms with Crippen molar-refractivity contribution in [3.05, 3.63) is 11.3 Å². The number of rotatable bonds is 2.